The van der Waals surface area contributed by atoms with E-state index >= 15 is 0 Å². The second-order valence-electron chi connectivity index (χ2n) is 6.59. The molecule has 134 valence electrons. The van der Waals surface area contributed by atoms with Crippen molar-refractivity contribution in [3.8, 4) is 6.07 Å². The van der Waals surface area contributed by atoms with Gasteiger partial charge in [0.05, 0.1) is 6.07 Å². The number of nitriles is 1. The predicted molar refractivity (Wildman–Crippen MR) is 103 cm³/mol. The zero-order valence-electron chi connectivity index (χ0n) is 15.5. The molecule has 4 nitrogen and oxygen atoms in total. The Morgan fingerprint density at radius 1 is 1.00 bits per heavy atom. The topological polar surface area (TPSA) is 70.0 Å². The maximum atomic E-state index is 12.4. The van der Waals surface area contributed by atoms with Gasteiger partial charge in [-0.25, -0.2) is 0 Å². The lowest BCUT2D eigenvalue weighted by molar-refractivity contribution is -0.119. The third-order valence-corrected chi connectivity index (χ3v) is 4.57. The van der Waals surface area contributed by atoms with Gasteiger partial charge in [-0.05, 0) is 61.6 Å². The molecule has 0 radical (unpaired) electrons. The Balaban J connectivity index is 1.87. The van der Waals surface area contributed by atoms with E-state index in [0.717, 1.165) is 22.4 Å². The lowest BCUT2D eigenvalue weighted by atomic mass is 9.90. The second kappa shape index (κ2) is 8.96. The number of carbonyl (C=O) groups is 2. The van der Waals surface area contributed by atoms with Crippen molar-refractivity contribution in [2.24, 2.45) is 0 Å². The second-order valence-corrected chi connectivity index (χ2v) is 6.59. The third-order valence-electron chi connectivity index (χ3n) is 4.57. The summed E-state index contributed by atoms with van der Waals surface area (Å²) in [7, 11) is 0. The van der Waals surface area contributed by atoms with Gasteiger partial charge in [-0.2, -0.15) is 5.26 Å². The summed E-state index contributed by atoms with van der Waals surface area (Å²) in [5.74, 6) is -1.02. The van der Waals surface area contributed by atoms with Crippen LogP contribution in [-0.2, 0) is 9.59 Å². The number of rotatable bonds is 7. The molecule has 0 aromatic heterocycles. The van der Waals surface area contributed by atoms with Gasteiger partial charge < -0.3 is 5.32 Å². The summed E-state index contributed by atoms with van der Waals surface area (Å²) >= 11 is 0. The molecule has 0 aliphatic heterocycles. The van der Waals surface area contributed by atoms with Crippen molar-refractivity contribution in [3.63, 3.8) is 0 Å². The Bertz CT molecular complexity index is 849. The molecule has 1 N–H and O–H groups in total. The van der Waals surface area contributed by atoms with Crippen molar-refractivity contribution >= 4 is 17.4 Å². The first-order valence-corrected chi connectivity index (χ1v) is 8.77. The van der Waals surface area contributed by atoms with Gasteiger partial charge in [-0.3, -0.25) is 9.59 Å². The number of carbonyl (C=O) groups excluding carboxylic acids is 2. The molecular formula is C22H24N2O2. The number of amides is 1. The van der Waals surface area contributed by atoms with Gasteiger partial charge in [0.1, 0.15) is 5.92 Å². The quantitative estimate of drug-likeness (QED) is 0.795. The highest BCUT2D eigenvalue weighted by molar-refractivity contribution is 5.92. The Morgan fingerprint density at radius 2 is 1.73 bits per heavy atom. The summed E-state index contributed by atoms with van der Waals surface area (Å²) in [6, 6.07) is 15.3. The van der Waals surface area contributed by atoms with Crippen LogP contribution in [0.4, 0.5) is 5.69 Å². The first-order valence-electron chi connectivity index (χ1n) is 8.77. The zero-order valence-corrected chi connectivity index (χ0v) is 15.5. The fourth-order valence-corrected chi connectivity index (χ4v) is 2.84. The van der Waals surface area contributed by atoms with Crippen molar-refractivity contribution in [1.29, 1.82) is 5.26 Å². The number of hydrogen-bond acceptors (Lipinski definition) is 3. The minimum absolute atomic E-state index is 0.120. The summed E-state index contributed by atoms with van der Waals surface area (Å²) in [6.45, 7) is 5.91. The first-order chi connectivity index (χ1) is 12.4. The highest BCUT2D eigenvalue weighted by Gasteiger charge is 2.21. The van der Waals surface area contributed by atoms with Crippen LogP contribution in [0, 0.1) is 32.1 Å². The number of Topliss-reactive ketones (excluding diaryl/α,β-unsaturated/α-hetero) is 1. The van der Waals surface area contributed by atoms with E-state index in [4.69, 9.17) is 0 Å². The maximum Gasteiger partial charge on any atom is 0.224 e. The van der Waals surface area contributed by atoms with Crippen molar-refractivity contribution in [2.75, 3.05) is 5.32 Å². The van der Waals surface area contributed by atoms with Crippen molar-refractivity contribution in [2.45, 2.75) is 46.0 Å². The van der Waals surface area contributed by atoms with Gasteiger partial charge in [-0.15, -0.1) is 0 Å². The minimum atomic E-state index is -0.765. The molecule has 4 heteroatoms. The van der Waals surface area contributed by atoms with Gasteiger partial charge in [0.2, 0.25) is 5.91 Å². The number of anilines is 1. The standard InChI is InChI=1S/C22H24N2O2/c1-15-11-12-18(13-17(15)3)24-22(26)10-6-9-21(25)20(14-23)19-8-5-4-7-16(19)2/h4-5,7-8,11-13,20H,6,9-10H2,1-3H3,(H,24,26). The first kappa shape index (κ1) is 19.4. The maximum absolute atomic E-state index is 12.4. The molecule has 0 spiro atoms. The normalized spacial score (nSPS) is 11.5. The highest BCUT2D eigenvalue weighted by Crippen LogP contribution is 2.22. The molecule has 0 saturated carbocycles. The summed E-state index contributed by atoms with van der Waals surface area (Å²) in [6.07, 6.45) is 0.900. The fraction of sp³-hybridized carbons (Fsp3) is 0.318. The molecule has 2 aromatic carbocycles. The van der Waals surface area contributed by atoms with E-state index in [9.17, 15) is 14.9 Å². The molecular weight excluding hydrogens is 324 g/mol. The number of benzene rings is 2. The SMILES string of the molecule is Cc1ccc(NC(=O)CCCC(=O)C(C#N)c2ccccc2C)cc1C. The molecule has 0 saturated heterocycles. The van der Waals surface area contributed by atoms with Crippen molar-refractivity contribution in [3.05, 3.63) is 64.7 Å². The lowest BCUT2D eigenvalue weighted by Crippen LogP contribution is -2.15. The van der Waals surface area contributed by atoms with Gasteiger partial charge in [0.15, 0.2) is 5.78 Å². The summed E-state index contributed by atoms with van der Waals surface area (Å²) < 4.78 is 0. The average Bonchev–Trinajstić information content (AvgIpc) is 2.60. The van der Waals surface area contributed by atoms with Crippen LogP contribution < -0.4 is 5.32 Å². The van der Waals surface area contributed by atoms with Crippen LogP contribution in [0.2, 0.25) is 0 Å². The van der Waals surface area contributed by atoms with Crippen LogP contribution in [0.15, 0.2) is 42.5 Å². The number of nitrogens with one attached hydrogen (secondary N) is 1. The van der Waals surface area contributed by atoms with Crippen molar-refractivity contribution < 1.29 is 9.59 Å². The number of nitrogens with zero attached hydrogens (tertiary/aromatic N) is 1. The van der Waals surface area contributed by atoms with Crippen LogP contribution >= 0.6 is 0 Å². The van der Waals surface area contributed by atoms with Crippen LogP contribution in [0.5, 0.6) is 0 Å². The molecule has 0 aliphatic rings. The van der Waals surface area contributed by atoms with Crippen LogP contribution in [-0.4, -0.2) is 11.7 Å². The number of aryl methyl sites for hydroxylation is 3. The van der Waals surface area contributed by atoms with Gasteiger partial charge in [-0.1, -0.05) is 30.3 Å². The lowest BCUT2D eigenvalue weighted by Gasteiger charge is -2.11. The van der Waals surface area contributed by atoms with Gasteiger partial charge in [0.25, 0.3) is 0 Å². The molecule has 0 fully saturated rings. The molecule has 2 rings (SSSR count). The molecule has 1 amide bonds. The summed E-state index contributed by atoms with van der Waals surface area (Å²) in [5, 5.41) is 12.2. The van der Waals surface area contributed by atoms with E-state index in [1.54, 1.807) is 0 Å². The van der Waals surface area contributed by atoms with Gasteiger partial charge in [0, 0.05) is 18.5 Å². The van der Waals surface area contributed by atoms with Crippen LogP contribution in [0.3, 0.4) is 0 Å². The van der Waals surface area contributed by atoms with E-state index in [-0.39, 0.29) is 24.5 Å². The summed E-state index contributed by atoms with van der Waals surface area (Å²) in [4.78, 5) is 24.5. The predicted octanol–water partition coefficient (Wildman–Crippen LogP) is 4.60. The molecule has 0 aliphatic carbocycles. The average molecular weight is 348 g/mol. The molecule has 0 heterocycles. The fourth-order valence-electron chi connectivity index (χ4n) is 2.84. The molecule has 0 bridgehead atoms. The Kier molecular flexibility index (Phi) is 6.68. The van der Waals surface area contributed by atoms with E-state index < -0.39 is 5.92 Å². The Hall–Kier alpha value is -2.93. The molecule has 2 aromatic rings. The van der Waals surface area contributed by atoms with Crippen LogP contribution in [0.1, 0.15) is 47.4 Å². The highest BCUT2D eigenvalue weighted by atomic mass is 16.1. The Labute approximate surface area is 154 Å². The minimum Gasteiger partial charge on any atom is -0.326 e. The molecule has 1 unspecified atom stereocenters. The smallest absolute Gasteiger partial charge is 0.224 e. The number of ketones is 1. The monoisotopic (exact) mass is 348 g/mol. The largest absolute Gasteiger partial charge is 0.326 e. The zero-order chi connectivity index (χ0) is 19.1. The van der Waals surface area contributed by atoms with Gasteiger partial charge >= 0.3 is 0 Å². The van der Waals surface area contributed by atoms with E-state index in [2.05, 4.69) is 11.4 Å². The third kappa shape index (κ3) is 5.03. The molecule has 1 atom stereocenters. The van der Waals surface area contributed by atoms with Crippen LogP contribution in [0.25, 0.3) is 0 Å². The van der Waals surface area contributed by atoms with E-state index in [1.807, 2.05) is 63.2 Å². The number of hydrogen-bond donors (Lipinski definition) is 1. The summed E-state index contributed by atoms with van der Waals surface area (Å²) in [5.41, 5.74) is 4.74. The van der Waals surface area contributed by atoms with E-state index in [1.165, 1.54) is 5.56 Å². The van der Waals surface area contributed by atoms with Crippen molar-refractivity contribution in [1.82, 2.24) is 0 Å². The Morgan fingerprint density at radius 3 is 2.38 bits per heavy atom. The molecule has 26 heavy (non-hydrogen) atoms. The van der Waals surface area contributed by atoms with E-state index in [0.29, 0.717) is 6.42 Å².